The summed E-state index contributed by atoms with van der Waals surface area (Å²) in [5.41, 5.74) is 5.55. The quantitative estimate of drug-likeness (QED) is 0.873. The van der Waals surface area contributed by atoms with Gasteiger partial charge in [-0.25, -0.2) is 0 Å². The van der Waals surface area contributed by atoms with E-state index in [1.165, 1.54) is 0 Å². The van der Waals surface area contributed by atoms with Crippen LogP contribution in [-0.4, -0.2) is 37.7 Å². The highest BCUT2D eigenvalue weighted by molar-refractivity contribution is 8.93. The molecule has 3 rings (SSSR count). The molecule has 0 spiro atoms. The molecular weight excluding hydrogens is 310 g/mol. The van der Waals surface area contributed by atoms with Gasteiger partial charge in [-0.05, 0) is 25.1 Å². The highest BCUT2D eigenvalue weighted by atomic mass is 79.9. The highest BCUT2D eigenvalue weighted by Crippen LogP contribution is 2.31. The van der Waals surface area contributed by atoms with Gasteiger partial charge >= 0.3 is 0 Å². The number of amidine groups is 1. The molecule has 0 bridgehead atoms. The summed E-state index contributed by atoms with van der Waals surface area (Å²) < 4.78 is 11.6. The first-order chi connectivity index (χ1) is 8.86. The first-order valence-electron chi connectivity index (χ1n) is 6.26. The Labute approximate surface area is 122 Å². The molecule has 5 nitrogen and oxygen atoms in total. The number of rotatable bonds is 3. The fourth-order valence-electron chi connectivity index (χ4n) is 2.22. The molecule has 2 heterocycles. The van der Waals surface area contributed by atoms with Crippen molar-refractivity contribution >= 4 is 22.8 Å². The van der Waals surface area contributed by atoms with E-state index in [1.807, 2.05) is 24.3 Å². The Bertz CT molecular complexity index is 467. The van der Waals surface area contributed by atoms with Crippen LogP contribution in [0.25, 0.3) is 0 Å². The molecular formula is C13H18BrN3O2. The molecule has 0 fully saturated rings. The molecule has 104 valence electrons. The average molecular weight is 328 g/mol. The Morgan fingerprint density at radius 3 is 2.89 bits per heavy atom. The third kappa shape index (κ3) is 3.01. The van der Waals surface area contributed by atoms with Crippen LogP contribution in [0.15, 0.2) is 29.3 Å². The van der Waals surface area contributed by atoms with Crippen LogP contribution in [0.5, 0.6) is 11.5 Å². The van der Waals surface area contributed by atoms with Gasteiger partial charge in [0.1, 0.15) is 12.4 Å². The van der Waals surface area contributed by atoms with Gasteiger partial charge in [0.15, 0.2) is 17.6 Å². The van der Waals surface area contributed by atoms with Crippen LogP contribution in [0, 0.1) is 0 Å². The van der Waals surface area contributed by atoms with E-state index >= 15 is 0 Å². The largest absolute Gasteiger partial charge is 0.485 e. The minimum Gasteiger partial charge on any atom is -0.485 e. The minimum absolute atomic E-state index is 0. The second-order valence-electron chi connectivity index (χ2n) is 4.51. The van der Waals surface area contributed by atoms with Crippen LogP contribution >= 0.6 is 17.0 Å². The number of para-hydroxylation sites is 2. The van der Waals surface area contributed by atoms with Crippen molar-refractivity contribution in [2.45, 2.75) is 18.6 Å². The summed E-state index contributed by atoms with van der Waals surface area (Å²) in [7, 11) is 0. The molecule has 1 unspecified atom stereocenters. The van der Waals surface area contributed by atoms with E-state index in [-0.39, 0.29) is 23.1 Å². The zero-order chi connectivity index (χ0) is 12.4. The summed E-state index contributed by atoms with van der Waals surface area (Å²) in [5.74, 6) is 2.45. The molecule has 2 atom stereocenters. The van der Waals surface area contributed by atoms with Crippen LogP contribution in [-0.2, 0) is 0 Å². The van der Waals surface area contributed by atoms with Crippen LogP contribution in [0.3, 0.4) is 0 Å². The first kappa shape index (κ1) is 14.1. The number of halogens is 1. The van der Waals surface area contributed by atoms with E-state index < -0.39 is 0 Å². The number of ether oxygens (including phenoxy) is 2. The summed E-state index contributed by atoms with van der Waals surface area (Å²) >= 11 is 0. The van der Waals surface area contributed by atoms with Gasteiger partial charge in [0.25, 0.3) is 0 Å². The minimum atomic E-state index is -0.136. The number of nitrogens with one attached hydrogen (secondary N) is 1. The molecule has 0 saturated carbocycles. The number of benzene rings is 1. The highest BCUT2D eigenvalue weighted by Gasteiger charge is 2.29. The summed E-state index contributed by atoms with van der Waals surface area (Å²) in [6, 6.07) is 8.03. The molecule has 2 aliphatic heterocycles. The zero-order valence-corrected chi connectivity index (χ0v) is 12.3. The molecule has 6 heteroatoms. The number of fused-ring (bicyclic) bond motifs is 1. The summed E-state index contributed by atoms with van der Waals surface area (Å²) in [6.07, 6.45) is 0.791. The Kier molecular flexibility index (Phi) is 4.66. The molecule has 19 heavy (non-hydrogen) atoms. The van der Waals surface area contributed by atoms with E-state index in [0.29, 0.717) is 19.2 Å². The van der Waals surface area contributed by atoms with Gasteiger partial charge in [0.2, 0.25) is 0 Å². The number of hydrogen-bond acceptors (Lipinski definition) is 5. The molecule has 0 aliphatic carbocycles. The average Bonchev–Trinajstić information content (AvgIpc) is 2.87. The van der Waals surface area contributed by atoms with Gasteiger partial charge in [-0.15, -0.1) is 17.0 Å². The molecule has 1 aromatic carbocycles. The monoisotopic (exact) mass is 327 g/mol. The lowest BCUT2D eigenvalue weighted by Crippen LogP contribution is -2.45. The summed E-state index contributed by atoms with van der Waals surface area (Å²) in [4.78, 5) is 4.48. The number of nitrogens with two attached hydrogens (primary N) is 1. The van der Waals surface area contributed by atoms with Crippen LogP contribution in [0.2, 0.25) is 0 Å². The van der Waals surface area contributed by atoms with E-state index in [9.17, 15) is 0 Å². The van der Waals surface area contributed by atoms with Crippen molar-refractivity contribution in [3.05, 3.63) is 24.3 Å². The maximum absolute atomic E-state index is 5.89. The number of aliphatic imine (C=N–C) groups is 1. The Hall–Kier alpha value is -1.27. The lowest BCUT2D eigenvalue weighted by molar-refractivity contribution is 0.133. The normalized spacial score (nSPS) is 24.2. The maximum atomic E-state index is 5.89. The molecule has 2 aliphatic rings. The van der Waals surface area contributed by atoms with Crippen molar-refractivity contribution in [3.8, 4) is 11.5 Å². The second-order valence-corrected chi connectivity index (χ2v) is 4.51. The Balaban J connectivity index is 0.00000133. The van der Waals surface area contributed by atoms with Crippen LogP contribution in [0.1, 0.15) is 6.42 Å². The second kappa shape index (κ2) is 6.25. The van der Waals surface area contributed by atoms with Gasteiger partial charge in [0, 0.05) is 6.04 Å². The third-order valence-corrected chi connectivity index (χ3v) is 3.16. The van der Waals surface area contributed by atoms with Crippen molar-refractivity contribution < 1.29 is 9.47 Å². The van der Waals surface area contributed by atoms with E-state index in [0.717, 1.165) is 30.3 Å². The van der Waals surface area contributed by atoms with Crippen molar-refractivity contribution in [2.75, 3.05) is 19.7 Å². The third-order valence-electron chi connectivity index (χ3n) is 3.16. The van der Waals surface area contributed by atoms with Crippen molar-refractivity contribution in [3.63, 3.8) is 0 Å². The Morgan fingerprint density at radius 1 is 1.32 bits per heavy atom. The summed E-state index contributed by atoms with van der Waals surface area (Å²) in [5, 5.41) is 3.36. The predicted molar refractivity (Wildman–Crippen MR) is 79.6 cm³/mol. The van der Waals surface area contributed by atoms with Crippen LogP contribution in [0.4, 0.5) is 0 Å². The molecule has 0 saturated heterocycles. The molecule has 3 N–H and O–H groups in total. The SMILES string of the molecule is Br.NCC[C@@H]1CN=C(C2COc3ccccc3O2)N1. The van der Waals surface area contributed by atoms with Gasteiger partial charge in [-0.1, -0.05) is 12.1 Å². The number of nitrogens with zero attached hydrogens (tertiary/aromatic N) is 1. The molecule has 0 aromatic heterocycles. The van der Waals surface area contributed by atoms with Gasteiger partial charge < -0.3 is 20.5 Å². The van der Waals surface area contributed by atoms with E-state index in [2.05, 4.69) is 10.3 Å². The fraction of sp³-hybridized carbons (Fsp3) is 0.462. The van der Waals surface area contributed by atoms with Crippen molar-refractivity contribution in [1.29, 1.82) is 0 Å². The topological polar surface area (TPSA) is 68.9 Å². The summed E-state index contributed by atoms with van der Waals surface area (Å²) in [6.45, 7) is 1.94. The van der Waals surface area contributed by atoms with Gasteiger partial charge in [-0.2, -0.15) is 0 Å². The van der Waals surface area contributed by atoms with Gasteiger partial charge in [0.05, 0.1) is 6.54 Å². The molecule has 0 amide bonds. The molecule has 1 aromatic rings. The Morgan fingerprint density at radius 2 is 2.11 bits per heavy atom. The van der Waals surface area contributed by atoms with Crippen LogP contribution < -0.4 is 20.5 Å². The van der Waals surface area contributed by atoms with Gasteiger partial charge in [-0.3, -0.25) is 4.99 Å². The lowest BCUT2D eigenvalue weighted by Gasteiger charge is -2.27. The van der Waals surface area contributed by atoms with E-state index in [1.54, 1.807) is 0 Å². The predicted octanol–water partition coefficient (Wildman–Crippen LogP) is 1.12. The maximum Gasteiger partial charge on any atom is 0.189 e. The zero-order valence-electron chi connectivity index (χ0n) is 10.5. The van der Waals surface area contributed by atoms with Crippen molar-refractivity contribution in [1.82, 2.24) is 5.32 Å². The first-order valence-corrected chi connectivity index (χ1v) is 6.26. The smallest absolute Gasteiger partial charge is 0.189 e. The lowest BCUT2D eigenvalue weighted by atomic mass is 10.2. The fourth-order valence-corrected chi connectivity index (χ4v) is 2.22. The van der Waals surface area contributed by atoms with E-state index in [4.69, 9.17) is 15.2 Å². The standard InChI is InChI=1S/C13H17N3O2.BrH/c14-6-5-9-7-15-13(16-9)12-8-17-10-3-1-2-4-11(10)18-12;/h1-4,9,12H,5-8,14H2,(H,15,16);1H/t9-,12?;/m1./s1. The van der Waals surface area contributed by atoms with Crippen molar-refractivity contribution in [2.24, 2.45) is 10.7 Å². The number of hydrogen-bond donors (Lipinski definition) is 2. The molecule has 0 radical (unpaired) electrons.